The summed E-state index contributed by atoms with van der Waals surface area (Å²) in [5.74, 6) is 6.53. The fourth-order valence-corrected chi connectivity index (χ4v) is 2.24. The zero-order valence-electron chi connectivity index (χ0n) is 12.0. The fourth-order valence-electron chi connectivity index (χ4n) is 2.24. The van der Waals surface area contributed by atoms with Gasteiger partial charge in [-0.25, -0.2) is 0 Å². The summed E-state index contributed by atoms with van der Waals surface area (Å²) in [6, 6.07) is 26.9. The fraction of sp³-hybridized carbons (Fsp3) is 0.0476. The second-order valence-electron chi connectivity index (χ2n) is 5.03. The highest BCUT2D eigenvalue weighted by Gasteiger charge is 2.01. The molecule has 0 heterocycles. The summed E-state index contributed by atoms with van der Waals surface area (Å²) in [4.78, 5) is 0. The highest BCUT2D eigenvalue weighted by Crippen LogP contribution is 2.23. The van der Waals surface area contributed by atoms with Gasteiger partial charge in [0.25, 0.3) is 0 Å². The summed E-state index contributed by atoms with van der Waals surface area (Å²) in [5.41, 5.74) is 5.76. The minimum Gasteiger partial charge on any atom is -0.0622 e. The molecule has 0 aliphatic heterocycles. The molecule has 0 nitrogen and oxygen atoms in total. The third-order valence-electron chi connectivity index (χ3n) is 3.40. The molecular formula is C21H16. The Balaban J connectivity index is 2.01. The van der Waals surface area contributed by atoms with Gasteiger partial charge in [-0.1, -0.05) is 78.1 Å². The first-order valence-electron chi connectivity index (χ1n) is 7.06. The van der Waals surface area contributed by atoms with E-state index in [9.17, 15) is 0 Å². The molecule has 0 aliphatic carbocycles. The van der Waals surface area contributed by atoms with Gasteiger partial charge in [0, 0.05) is 11.1 Å². The van der Waals surface area contributed by atoms with E-state index < -0.39 is 0 Å². The van der Waals surface area contributed by atoms with E-state index >= 15 is 0 Å². The van der Waals surface area contributed by atoms with Crippen LogP contribution < -0.4 is 0 Å². The number of hydrogen-bond acceptors (Lipinski definition) is 0. The second kappa shape index (κ2) is 6.11. The van der Waals surface area contributed by atoms with Crippen LogP contribution in [0.3, 0.4) is 0 Å². The van der Waals surface area contributed by atoms with Crippen molar-refractivity contribution in [2.45, 2.75) is 6.92 Å². The summed E-state index contributed by atoms with van der Waals surface area (Å²) in [7, 11) is 0. The molecule has 0 aliphatic rings. The third kappa shape index (κ3) is 3.22. The van der Waals surface area contributed by atoms with Crippen molar-refractivity contribution >= 4 is 0 Å². The van der Waals surface area contributed by atoms with Crippen molar-refractivity contribution in [3.05, 3.63) is 95.6 Å². The van der Waals surface area contributed by atoms with E-state index in [4.69, 9.17) is 0 Å². The Morgan fingerprint density at radius 2 is 1.29 bits per heavy atom. The number of hydrogen-bond donors (Lipinski definition) is 0. The van der Waals surface area contributed by atoms with E-state index in [-0.39, 0.29) is 0 Å². The first kappa shape index (κ1) is 13.2. The quantitative estimate of drug-likeness (QED) is 0.541. The topological polar surface area (TPSA) is 0 Å². The van der Waals surface area contributed by atoms with E-state index in [1.165, 1.54) is 16.7 Å². The third-order valence-corrected chi connectivity index (χ3v) is 3.40. The molecule has 0 saturated heterocycles. The van der Waals surface area contributed by atoms with Gasteiger partial charge in [0.2, 0.25) is 0 Å². The molecule has 0 radical (unpaired) electrons. The maximum Gasteiger partial charge on any atom is 0.0327 e. The number of rotatable bonds is 1. The van der Waals surface area contributed by atoms with E-state index in [0.29, 0.717) is 0 Å². The lowest BCUT2D eigenvalue weighted by atomic mass is 9.99. The van der Waals surface area contributed by atoms with Gasteiger partial charge in [-0.2, -0.15) is 0 Å². The molecule has 0 saturated carbocycles. The van der Waals surface area contributed by atoms with Crippen molar-refractivity contribution in [3.8, 4) is 23.0 Å². The van der Waals surface area contributed by atoms with Gasteiger partial charge in [-0.3, -0.25) is 0 Å². The molecule has 21 heavy (non-hydrogen) atoms. The monoisotopic (exact) mass is 268 g/mol. The first-order valence-corrected chi connectivity index (χ1v) is 7.06. The van der Waals surface area contributed by atoms with Gasteiger partial charge in [0.1, 0.15) is 0 Å². The Kier molecular flexibility index (Phi) is 3.85. The molecule has 0 aromatic heterocycles. The minimum absolute atomic E-state index is 1.04. The van der Waals surface area contributed by atoms with E-state index in [1.54, 1.807) is 0 Å². The molecular weight excluding hydrogens is 252 g/mol. The summed E-state index contributed by atoms with van der Waals surface area (Å²) < 4.78 is 0. The van der Waals surface area contributed by atoms with Crippen LogP contribution in [-0.2, 0) is 0 Å². The van der Waals surface area contributed by atoms with Crippen molar-refractivity contribution in [3.63, 3.8) is 0 Å². The summed E-state index contributed by atoms with van der Waals surface area (Å²) in [6.07, 6.45) is 0. The lowest BCUT2D eigenvalue weighted by molar-refractivity contribution is 1.46. The number of aryl methyl sites for hydroxylation is 1. The molecule has 0 bridgehead atoms. The van der Waals surface area contributed by atoms with Crippen LogP contribution in [0, 0.1) is 18.8 Å². The molecule has 0 spiro atoms. The standard InChI is InChI=1S/C21H16/c1-17-11-14-20(15-12-17)21-10-6-5-9-19(21)16-13-18-7-3-2-4-8-18/h2-12,14-15H,1H3. The lowest BCUT2D eigenvalue weighted by Crippen LogP contribution is -1.84. The highest BCUT2D eigenvalue weighted by molar-refractivity contribution is 5.71. The van der Waals surface area contributed by atoms with E-state index in [2.05, 4.69) is 61.2 Å². The summed E-state index contributed by atoms with van der Waals surface area (Å²) in [5, 5.41) is 0. The smallest absolute Gasteiger partial charge is 0.0327 e. The zero-order chi connectivity index (χ0) is 14.5. The van der Waals surface area contributed by atoms with Gasteiger partial charge >= 0.3 is 0 Å². The normalized spacial score (nSPS) is 9.76. The molecule has 3 rings (SSSR count). The van der Waals surface area contributed by atoms with Gasteiger partial charge < -0.3 is 0 Å². The second-order valence-corrected chi connectivity index (χ2v) is 5.03. The van der Waals surface area contributed by atoms with E-state index in [1.807, 2.05) is 36.4 Å². The maximum absolute atomic E-state index is 3.29. The molecule has 3 aromatic carbocycles. The van der Waals surface area contributed by atoms with Gasteiger partial charge in [0.15, 0.2) is 0 Å². The van der Waals surface area contributed by atoms with E-state index in [0.717, 1.165) is 11.1 Å². The minimum atomic E-state index is 1.04. The van der Waals surface area contributed by atoms with Crippen LogP contribution in [0.5, 0.6) is 0 Å². The van der Waals surface area contributed by atoms with Crippen molar-refractivity contribution in [2.75, 3.05) is 0 Å². The molecule has 0 fully saturated rings. The Labute approximate surface area is 126 Å². The van der Waals surface area contributed by atoms with Crippen molar-refractivity contribution < 1.29 is 0 Å². The van der Waals surface area contributed by atoms with Crippen LogP contribution in [0.2, 0.25) is 0 Å². The molecule has 0 atom stereocenters. The largest absolute Gasteiger partial charge is 0.0622 e. The van der Waals surface area contributed by atoms with Gasteiger partial charge in [-0.15, -0.1) is 0 Å². The summed E-state index contributed by atoms with van der Waals surface area (Å²) >= 11 is 0. The Morgan fingerprint density at radius 1 is 0.619 bits per heavy atom. The van der Waals surface area contributed by atoms with Crippen LogP contribution in [0.15, 0.2) is 78.9 Å². The predicted molar refractivity (Wildman–Crippen MR) is 89.0 cm³/mol. The molecule has 0 unspecified atom stereocenters. The van der Waals surface area contributed by atoms with Crippen molar-refractivity contribution in [1.29, 1.82) is 0 Å². The van der Waals surface area contributed by atoms with Crippen molar-refractivity contribution in [1.82, 2.24) is 0 Å². The molecule has 3 aromatic rings. The lowest BCUT2D eigenvalue weighted by Gasteiger charge is -2.05. The van der Waals surface area contributed by atoms with Crippen molar-refractivity contribution in [2.24, 2.45) is 0 Å². The maximum atomic E-state index is 3.29. The predicted octanol–water partition coefficient (Wildman–Crippen LogP) is 5.06. The van der Waals surface area contributed by atoms with Crippen LogP contribution in [0.1, 0.15) is 16.7 Å². The highest BCUT2D eigenvalue weighted by atomic mass is 14.0. The number of benzene rings is 3. The Bertz CT molecular complexity index is 785. The molecule has 0 amide bonds. The van der Waals surface area contributed by atoms with Crippen LogP contribution in [0.25, 0.3) is 11.1 Å². The van der Waals surface area contributed by atoms with Gasteiger partial charge in [0.05, 0.1) is 0 Å². The first-order chi connectivity index (χ1) is 10.3. The molecule has 0 heteroatoms. The summed E-state index contributed by atoms with van der Waals surface area (Å²) in [6.45, 7) is 2.10. The SMILES string of the molecule is Cc1ccc(-c2ccccc2C#Cc2ccccc2)cc1. The Morgan fingerprint density at radius 3 is 2.05 bits per heavy atom. The molecule has 100 valence electrons. The van der Waals surface area contributed by atoms with Crippen LogP contribution in [-0.4, -0.2) is 0 Å². The van der Waals surface area contributed by atoms with Crippen LogP contribution >= 0.6 is 0 Å². The average Bonchev–Trinajstić information content (AvgIpc) is 2.55. The average molecular weight is 268 g/mol. The van der Waals surface area contributed by atoms with Crippen LogP contribution in [0.4, 0.5) is 0 Å². The van der Waals surface area contributed by atoms with Gasteiger partial charge in [-0.05, 0) is 36.2 Å². The molecule has 0 N–H and O–H groups in total. The zero-order valence-corrected chi connectivity index (χ0v) is 12.0. The Hall–Kier alpha value is -2.78.